The zero-order valence-corrected chi connectivity index (χ0v) is 16.5. The van der Waals surface area contributed by atoms with Crippen LogP contribution in [0.25, 0.3) is 11.4 Å². The Labute approximate surface area is 167 Å². The van der Waals surface area contributed by atoms with Crippen LogP contribution >= 0.6 is 11.6 Å². The van der Waals surface area contributed by atoms with Gasteiger partial charge in [-0.2, -0.15) is 9.10 Å². The van der Waals surface area contributed by atoms with E-state index in [1.807, 2.05) is 18.2 Å². The van der Waals surface area contributed by atoms with Gasteiger partial charge in [-0.05, 0) is 47.2 Å². The average Bonchev–Trinajstić information content (AvgIpc) is 3.18. The summed E-state index contributed by atoms with van der Waals surface area (Å²) < 4.78 is 32.3. The SMILES string of the molecule is O=S(=O)(c1cccc(Cn2nnc(-c3ccc(Cl)cc3)n2)c1)N1CCOCC1. The maximum absolute atomic E-state index is 12.8. The fraction of sp³-hybridized carbons (Fsp3) is 0.278. The molecule has 1 aliphatic rings. The second-order valence-electron chi connectivity index (χ2n) is 6.31. The summed E-state index contributed by atoms with van der Waals surface area (Å²) in [7, 11) is -3.54. The van der Waals surface area contributed by atoms with Crippen molar-refractivity contribution in [1.29, 1.82) is 0 Å². The minimum absolute atomic E-state index is 0.255. The molecular formula is C18H18ClN5O3S. The Kier molecular flexibility index (Phi) is 5.40. The number of ether oxygens (including phenoxy) is 1. The first kappa shape index (κ1) is 19.0. The van der Waals surface area contributed by atoms with Crippen LogP contribution in [0, 0.1) is 0 Å². The predicted octanol–water partition coefficient (Wildman–Crippen LogP) is 2.06. The Morgan fingerprint density at radius 2 is 1.82 bits per heavy atom. The molecule has 0 saturated carbocycles. The highest BCUT2D eigenvalue weighted by molar-refractivity contribution is 7.89. The first-order valence-corrected chi connectivity index (χ1v) is 10.5. The molecule has 0 atom stereocenters. The van der Waals surface area contributed by atoms with E-state index in [4.69, 9.17) is 16.3 Å². The lowest BCUT2D eigenvalue weighted by atomic mass is 10.2. The highest BCUT2D eigenvalue weighted by Gasteiger charge is 2.26. The number of hydrogen-bond donors (Lipinski definition) is 0. The molecule has 2 aromatic carbocycles. The fourth-order valence-corrected chi connectivity index (χ4v) is 4.53. The molecule has 1 fully saturated rings. The zero-order valence-electron chi connectivity index (χ0n) is 14.9. The summed E-state index contributed by atoms with van der Waals surface area (Å²) in [6.07, 6.45) is 0. The normalized spacial score (nSPS) is 15.6. The van der Waals surface area contributed by atoms with Crippen LogP contribution in [0.3, 0.4) is 0 Å². The van der Waals surface area contributed by atoms with E-state index < -0.39 is 10.0 Å². The first-order valence-electron chi connectivity index (χ1n) is 8.73. The van der Waals surface area contributed by atoms with Gasteiger partial charge in [0, 0.05) is 23.7 Å². The largest absolute Gasteiger partial charge is 0.379 e. The van der Waals surface area contributed by atoms with Gasteiger partial charge in [-0.3, -0.25) is 0 Å². The lowest BCUT2D eigenvalue weighted by molar-refractivity contribution is 0.0730. The zero-order chi connectivity index (χ0) is 19.6. The van der Waals surface area contributed by atoms with Crippen molar-refractivity contribution in [3.05, 3.63) is 59.1 Å². The van der Waals surface area contributed by atoms with Gasteiger partial charge in [-0.25, -0.2) is 8.42 Å². The Morgan fingerprint density at radius 1 is 1.07 bits per heavy atom. The van der Waals surface area contributed by atoms with E-state index in [9.17, 15) is 8.42 Å². The Balaban J connectivity index is 1.53. The van der Waals surface area contributed by atoms with Crippen LogP contribution in [0.5, 0.6) is 0 Å². The number of aromatic nitrogens is 4. The molecule has 28 heavy (non-hydrogen) atoms. The number of morpholine rings is 1. The minimum Gasteiger partial charge on any atom is -0.379 e. The molecule has 0 bridgehead atoms. The summed E-state index contributed by atoms with van der Waals surface area (Å²) in [6.45, 7) is 1.86. The van der Waals surface area contributed by atoms with Crippen LogP contribution in [-0.4, -0.2) is 59.2 Å². The Bertz CT molecular complexity index is 1060. The van der Waals surface area contributed by atoms with Crippen LogP contribution in [-0.2, 0) is 21.3 Å². The lowest BCUT2D eigenvalue weighted by Gasteiger charge is -2.26. The molecular weight excluding hydrogens is 402 g/mol. The minimum atomic E-state index is -3.54. The Morgan fingerprint density at radius 3 is 2.57 bits per heavy atom. The van der Waals surface area contributed by atoms with Gasteiger partial charge in [0.05, 0.1) is 24.7 Å². The molecule has 0 N–H and O–H groups in total. The summed E-state index contributed by atoms with van der Waals surface area (Å²) in [6, 6.07) is 14.0. The van der Waals surface area contributed by atoms with Crippen LogP contribution < -0.4 is 0 Å². The first-order chi connectivity index (χ1) is 13.5. The van der Waals surface area contributed by atoms with Crippen molar-refractivity contribution >= 4 is 21.6 Å². The predicted molar refractivity (Wildman–Crippen MR) is 103 cm³/mol. The molecule has 1 saturated heterocycles. The molecule has 1 aromatic heterocycles. The summed E-state index contributed by atoms with van der Waals surface area (Å²) in [5.41, 5.74) is 1.58. The van der Waals surface area contributed by atoms with E-state index in [-0.39, 0.29) is 4.90 Å². The summed E-state index contributed by atoms with van der Waals surface area (Å²) in [5.74, 6) is 0.480. The van der Waals surface area contributed by atoms with Gasteiger partial charge in [0.25, 0.3) is 0 Å². The summed E-state index contributed by atoms with van der Waals surface area (Å²) in [4.78, 5) is 1.69. The number of hydrogen-bond acceptors (Lipinski definition) is 6. The summed E-state index contributed by atoms with van der Waals surface area (Å²) >= 11 is 5.90. The molecule has 0 spiro atoms. The van der Waals surface area contributed by atoms with Crippen molar-refractivity contribution < 1.29 is 13.2 Å². The van der Waals surface area contributed by atoms with Crippen LogP contribution in [0.4, 0.5) is 0 Å². The van der Waals surface area contributed by atoms with Gasteiger partial charge in [0.1, 0.15) is 0 Å². The quantitative estimate of drug-likeness (QED) is 0.628. The highest BCUT2D eigenvalue weighted by Crippen LogP contribution is 2.20. The standard InChI is InChI=1S/C18H18ClN5O3S/c19-16-6-4-15(5-7-16)18-20-22-24(21-18)13-14-2-1-3-17(12-14)28(25,26)23-8-10-27-11-9-23/h1-7,12H,8-11,13H2. The van der Waals surface area contributed by atoms with Gasteiger partial charge in [-0.15, -0.1) is 10.2 Å². The second kappa shape index (κ2) is 7.96. The van der Waals surface area contributed by atoms with Crippen molar-refractivity contribution in [1.82, 2.24) is 24.5 Å². The van der Waals surface area contributed by atoms with Crippen LogP contribution in [0.2, 0.25) is 5.02 Å². The van der Waals surface area contributed by atoms with E-state index in [1.54, 1.807) is 30.3 Å². The van der Waals surface area contributed by atoms with Gasteiger partial charge < -0.3 is 4.74 Å². The van der Waals surface area contributed by atoms with Crippen molar-refractivity contribution in [2.45, 2.75) is 11.4 Å². The van der Waals surface area contributed by atoms with E-state index in [1.165, 1.54) is 9.10 Å². The highest BCUT2D eigenvalue weighted by atomic mass is 35.5. The third kappa shape index (κ3) is 4.07. The molecule has 146 valence electrons. The van der Waals surface area contributed by atoms with E-state index in [0.29, 0.717) is 43.7 Å². The molecule has 10 heteroatoms. The van der Waals surface area contributed by atoms with E-state index in [0.717, 1.165) is 11.1 Å². The molecule has 8 nitrogen and oxygen atoms in total. The monoisotopic (exact) mass is 419 g/mol. The van der Waals surface area contributed by atoms with Crippen LogP contribution in [0.1, 0.15) is 5.56 Å². The molecule has 0 aliphatic carbocycles. The molecule has 0 amide bonds. The fourth-order valence-electron chi connectivity index (χ4n) is 2.93. The molecule has 0 unspecified atom stereocenters. The van der Waals surface area contributed by atoms with Gasteiger partial charge >= 0.3 is 0 Å². The molecule has 0 radical (unpaired) electrons. The lowest BCUT2D eigenvalue weighted by Crippen LogP contribution is -2.40. The third-order valence-corrected chi connectivity index (χ3v) is 6.53. The van der Waals surface area contributed by atoms with Gasteiger partial charge in [-0.1, -0.05) is 23.7 Å². The second-order valence-corrected chi connectivity index (χ2v) is 8.69. The third-order valence-electron chi connectivity index (χ3n) is 4.39. The van der Waals surface area contributed by atoms with Crippen molar-refractivity contribution in [2.75, 3.05) is 26.3 Å². The van der Waals surface area contributed by atoms with Crippen LogP contribution in [0.15, 0.2) is 53.4 Å². The summed E-state index contributed by atoms with van der Waals surface area (Å²) in [5, 5.41) is 13.1. The molecule has 4 rings (SSSR count). The number of sulfonamides is 1. The maximum Gasteiger partial charge on any atom is 0.243 e. The Hall–Kier alpha value is -2.33. The van der Waals surface area contributed by atoms with Crippen molar-refractivity contribution in [3.63, 3.8) is 0 Å². The van der Waals surface area contributed by atoms with E-state index in [2.05, 4.69) is 15.4 Å². The van der Waals surface area contributed by atoms with Crippen molar-refractivity contribution in [2.24, 2.45) is 0 Å². The maximum atomic E-state index is 12.8. The number of halogens is 1. The smallest absolute Gasteiger partial charge is 0.243 e. The molecule has 2 heterocycles. The number of tetrazole rings is 1. The van der Waals surface area contributed by atoms with Crippen molar-refractivity contribution in [3.8, 4) is 11.4 Å². The molecule has 1 aliphatic heterocycles. The van der Waals surface area contributed by atoms with E-state index >= 15 is 0 Å². The topological polar surface area (TPSA) is 90.2 Å². The average molecular weight is 420 g/mol. The number of benzene rings is 2. The number of nitrogens with zero attached hydrogens (tertiary/aromatic N) is 5. The molecule has 3 aromatic rings. The van der Waals surface area contributed by atoms with Gasteiger partial charge in [0.2, 0.25) is 15.8 Å². The number of rotatable bonds is 5. The van der Waals surface area contributed by atoms with Gasteiger partial charge in [0.15, 0.2) is 0 Å².